The van der Waals surface area contributed by atoms with Gasteiger partial charge in [0.1, 0.15) is 0 Å². The third-order valence-corrected chi connectivity index (χ3v) is 2.61. The second-order valence-electron chi connectivity index (χ2n) is 3.73. The van der Waals surface area contributed by atoms with E-state index in [1.807, 2.05) is 0 Å². The molecule has 1 fully saturated rings. The van der Waals surface area contributed by atoms with Gasteiger partial charge >= 0.3 is 0 Å². The zero-order valence-corrected chi connectivity index (χ0v) is 9.42. The van der Waals surface area contributed by atoms with Crippen LogP contribution in [-0.2, 0) is 0 Å². The first-order valence-corrected chi connectivity index (χ1v) is 5.60. The van der Waals surface area contributed by atoms with Crippen LogP contribution < -0.4 is 5.32 Å². The fourth-order valence-corrected chi connectivity index (χ4v) is 1.67. The average Bonchev–Trinajstić information content (AvgIpc) is 2.25. The van der Waals surface area contributed by atoms with E-state index in [0.717, 1.165) is 26.1 Å². The molecule has 1 N–H and O–H groups in total. The molecule has 0 aliphatic carbocycles. The fourth-order valence-electron chi connectivity index (χ4n) is 1.67. The van der Waals surface area contributed by atoms with Crippen molar-refractivity contribution in [1.82, 2.24) is 10.2 Å². The Morgan fingerprint density at radius 1 is 1.36 bits per heavy atom. The second kappa shape index (κ2) is 6.80. The summed E-state index contributed by atoms with van der Waals surface area (Å²) in [6, 6.07) is 0. The van der Waals surface area contributed by atoms with Gasteiger partial charge in [0.25, 0.3) is 0 Å². The van der Waals surface area contributed by atoms with Crippen LogP contribution in [0.5, 0.6) is 0 Å². The van der Waals surface area contributed by atoms with Crippen molar-refractivity contribution in [2.75, 3.05) is 32.7 Å². The quantitative estimate of drug-likeness (QED) is 0.687. The lowest BCUT2D eigenvalue weighted by molar-refractivity contribution is 0.258. The number of hydrogen-bond donors (Lipinski definition) is 1. The van der Waals surface area contributed by atoms with E-state index >= 15 is 0 Å². The molecule has 1 heterocycles. The van der Waals surface area contributed by atoms with Crippen molar-refractivity contribution in [2.45, 2.75) is 20.3 Å². The van der Waals surface area contributed by atoms with E-state index in [1.165, 1.54) is 18.7 Å². The zero-order valence-electron chi connectivity index (χ0n) is 9.42. The maximum Gasteiger partial charge on any atom is 0.0196 e. The summed E-state index contributed by atoms with van der Waals surface area (Å²) in [7, 11) is 0. The SMILES string of the molecule is C/C=C\C=C(/CC)CN1CCNCC1. The lowest BCUT2D eigenvalue weighted by atomic mass is 10.1. The molecule has 0 atom stereocenters. The molecule has 0 spiro atoms. The Labute approximate surface area is 87.7 Å². The van der Waals surface area contributed by atoms with Crippen molar-refractivity contribution in [1.29, 1.82) is 0 Å². The lowest BCUT2D eigenvalue weighted by Crippen LogP contribution is -2.44. The van der Waals surface area contributed by atoms with Gasteiger partial charge in [-0.2, -0.15) is 0 Å². The molecule has 0 aromatic carbocycles. The molecular weight excluding hydrogens is 172 g/mol. The Kier molecular flexibility index (Phi) is 5.57. The van der Waals surface area contributed by atoms with Gasteiger partial charge in [-0.15, -0.1) is 0 Å². The van der Waals surface area contributed by atoms with Crippen molar-refractivity contribution in [3.05, 3.63) is 23.8 Å². The molecule has 2 nitrogen and oxygen atoms in total. The number of allylic oxidation sites excluding steroid dienone is 3. The minimum absolute atomic E-state index is 1.14. The fraction of sp³-hybridized carbons (Fsp3) is 0.667. The Bertz CT molecular complexity index is 200. The Hall–Kier alpha value is -0.600. The van der Waals surface area contributed by atoms with Crippen LogP contribution in [-0.4, -0.2) is 37.6 Å². The summed E-state index contributed by atoms with van der Waals surface area (Å²) in [6.07, 6.45) is 7.64. The lowest BCUT2D eigenvalue weighted by Gasteiger charge is -2.27. The van der Waals surface area contributed by atoms with Gasteiger partial charge < -0.3 is 5.32 Å². The van der Waals surface area contributed by atoms with Gasteiger partial charge in [-0.25, -0.2) is 0 Å². The number of nitrogens with one attached hydrogen (secondary N) is 1. The smallest absolute Gasteiger partial charge is 0.0196 e. The van der Waals surface area contributed by atoms with Crippen LogP contribution in [0.25, 0.3) is 0 Å². The molecule has 0 unspecified atom stereocenters. The van der Waals surface area contributed by atoms with Gasteiger partial charge in [0.2, 0.25) is 0 Å². The third kappa shape index (κ3) is 4.07. The monoisotopic (exact) mass is 194 g/mol. The Morgan fingerprint density at radius 2 is 2.07 bits per heavy atom. The van der Waals surface area contributed by atoms with Crippen LogP contribution in [0, 0.1) is 0 Å². The average molecular weight is 194 g/mol. The standard InChI is InChI=1S/C12H22N2/c1-3-5-6-12(4-2)11-14-9-7-13-8-10-14/h3,5-6,13H,4,7-11H2,1-2H3/b5-3-,12-6+. The normalized spacial score (nSPS) is 20.6. The number of piperazine rings is 1. The molecule has 14 heavy (non-hydrogen) atoms. The van der Waals surface area contributed by atoms with E-state index < -0.39 is 0 Å². The first-order valence-electron chi connectivity index (χ1n) is 5.60. The van der Waals surface area contributed by atoms with Gasteiger partial charge in [0, 0.05) is 32.7 Å². The van der Waals surface area contributed by atoms with Gasteiger partial charge in [-0.05, 0) is 13.3 Å². The van der Waals surface area contributed by atoms with Crippen molar-refractivity contribution >= 4 is 0 Å². The maximum atomic E-state index is 3.37. The molecule has 1 saturated heterocycles. The summed E-state index contributed by atoms with van der Waals surface area (Å²) in [5.74, 6) is 0. The molecule has 0 aromatic rings. The van der Waals surface area contributed by atoms with Crippen LogP contribution in [0.2, 0.25) is 0 Å². The van der Waals surface area contributed by atoms with Crippen LogP contribution in [0.15, 0.2) is 23.8 Å². The topological polar surface area (TPSA) is 15.3 Å². The van der Waals surface area contributed by atoms with E-state index in [9.17, 15) is 0 Å². The highest BCUT2D eigenvalue weighted by Gasteiger charge is 2.09. The van der Waals surface area contributed by atoms with Crippen LogP contribution in [0.1, 0.15) is 20.3 Å². The van der Waals surface area contributed by atoms with Crippen molar-refractivity contribution in [3.8, 4) is 0 Å². The second-order valence-corrected chi connectivity index (χ2v) is 3.73. The van der Waals surface area contributed by atoms with Crippen molar-refractivity contribution in [3.63, 3.8) is 0 Å². The highest BCUT2D eigenvalue weighted by Crippen LogP contribution is 2.05. The van der Waals surface area contributed by atoms with Gasteiger partial charge in [-0.3, -0.25) is 4.90 Å². The van der Waals surface area contributed by atoms with Crippen LogP contribution in [0.4, 0.5) is 0 Å². The van der Waals surface area contributed by atoms with Crippen molar-refractivity contribution in [2.24, 2.45) is 0 Å². The zero-order chi connectivity index (χ0) is 10.2. The molecule has 80 valence electrons. The highest BCUT2D eigenvalue weighted by molar-refractivity contribution is 5.13. The molecule has 0 saturated carbocycles. The molecule has 2 heteroatoms. The first kappa shape index (κ1) is 11.5. The number of hydrogen-bond acceptors (Lipinski definition) is 2. The predicted molar refractivity (Wildman–Crippen MR) is 62.5 cm³/mol. The predicted octanol–water partition coefficient (Wildman–Crippen LogP) is 1.80. The molecule has 1 rings (SSSR count). The number of nitrogens with zero attached hydrogens (tertiary/aromatic N) is 1. The first-order chi connectivity index (χ1) is 6.86. The van der Waals surface area contributed by atoms with Crippen molar-refractivity contribution < 1.29 is 0 Å². The van der Waals surface area contributed by atoms with E-state index in [-0.39, 0.29) is 0 Å². The Balaban J connectivity index is 2.38. The molecule has 0 amide bonds. The summed E-state index contributed by atoms with van der Waals surface area (Å²) >= 11 is 0. The maximum absolute atomic E-state index is 3.37. The number of rotatable bonds is 4. The molecule has 0 bridgehead atoms. The van der Waals surface area contributed by atoms with Gasteiger partial charge in [0.15, 0.2) is 0 Å². The summed E-state index contributed by atoms with van der Waals surface area (Å²) in [6.45, 7) is 10.1. The Morgan fingerprint density at radius 3 is 2.64 bits per heavy atom. The van der Waals surface area contributed by atoms with E-state index in [1.54, 1.807) is 0 Å². The molecule has 0 radical (unpaired) electrons. The largest absolute Gasteiger partial charge is 0.314 e. The van der Waals surface area contributed by atoms with Gasteiger partial charge in [-0.1, -0.05) is 30.7 Å². The minimum Gasteiger partial charge on any atom is -0.314 e. The highest BCUT2D eigenvalue weighted by atomic mass is 15.2. The molecule has 1 aliphatic rings. The summed E-state index contributed by atoms with van der Waals surface area (Å²) < 4.78 is 0. The summed E-state index contributed by atoms with van der Waals surface area (Å²) in [4.78, 5) is 2.52. The summed E-state index contributed by atoms with van der Waals surface area (Å²) in [5, 5.41) is 3.37. The van der Waals surface area contributed by atoms with E-state index in [0.29, 0.717) is 0 Å². The molecular formula is C12H22N2. The summed E-state index contributed by atoms with van der Waals surface area (Å²) in [5.41, 5.74) is 1.53. The minimum atomic E-state index is 1.14. The van der Waals surface area contributed by atoms with Gasteiger partial charge in [0.05, 0.1) is 0 Å². The molecule has 0 aromatic heterocycles. The molecule has 1 aliphatic heterocycles. The van der Waals surface area contributed by atoms with E-state index in [4.69, 9.17) is 0 Å². The van der Waals surface area contributed by atoms with Crippen LogP contribution >= 0.6 is 0 Å². The van der Waals surface area contributed by atoms with Crippen LogP contribution in [0.3, 0.4) is 0 Å². The third-order valence-electron chi connectivity index (χ3n) is 2.61. The van der Waals surface area contributed by atoms with E-state index in [2.05, 4.69) is 42.3 Å².